The fourth-order valence-electron chi connectivity index (χ4n) is 5.01. The molecule has 0 aromatic rings. The summed E-state index contributed by atoms with van der Waals surface area (Å²) in [6.07, 6.45) is 5.13. The van der Waals surface area contributed by atoms with Crippen molar-refractivity contribution in [2.24, 2.45) is 11.8 Å². The highest BCUT2D eigenvalue weighted by molar-refractivity contribution is 5.68. The van der Waals surface area contributed by atoms with E-state index < -0.39 is 0 Å². The summed E-state index contributed by atoms with van der Waals surface area (Å²) < 4.78 is 11.1. The van der Waals surface area contributed by atoms with E-state index >= 15 is 0 Å². The van der Waals surface area contributed by atoms with Crippen molar-refractivity contribution in [3.63, 3.8) is 0 Å². The second-order valence-electron chi connectivity index (χ2n) is 9.89. The van der Waals surface area contributed by atoms with Gasteiger partial charge in [-0.25, -0.2) is 9.80 Å². The molecule has 1 amide bonds. The Morgan fingerprint density at radius 1 is 1.33 bits per heavy atom. The molecule has 3 heterocycles. The number of piperazine rings is 1. The van der Waals surface area contributed by atoms with Crippen molar-refractivity contribution in [2.75, 3.05) is 33.4 Å². The predicted octanol–water partition coefficient (Wildman–Crippen LogP) is 3.31. The van der Waals surface area contributed by atoms with E-state index in [1.807, 2.05) is 4.90 Å². The molecule has 2 atom stereocenters. The summed E-state index contributed by atoms with van der Waals surface area (Å²) in [6.45, 7) is 11.1. The Labute approximate surface area is 179 Å². The average molecular weight is 415 g/mol. The fraction of sp³-hybridized carbons (Fsp3) is 0.739. The van der Waals surface area contributed by atoms with Gasteiger partial charge in [-0.2, -0.15) is 5.26 Å². The molecule has 2 fully saturated rings. The van der Waals surface area contributed by atoms with Crippen molar-refractivity contribution in [1.29, 1.82) is 5.26 Å². The lowest BCUT2D eigenvalue weighted by Gasteiger charge is -2.50. The van der Waals surface area contributed by atoms with Crippen LogP contribution >= 0.6 is 0 Å². The normalized spacial score (nSPS) is 29.4. The molecule has 3 aliphatic heterocycles. The van der Waals surface area contributed by atoms with Crippen LogP contribution in [-0.4, -0.2) is 72.0 Å². The van der Waals surface area contributed by atoms with Crippen LogP contribution in [0.25, 0.3) is 0 Å². The van der Waals surface area contributed by atoms with Crippen LogP contribution in [0.4, 0.5) is 4.79 Å². The van der Waals surface area contributed by atoms with Crippen molar-refractivity contribution < 1.29 is 14.3 Å². The molecular weight excluding hydrogens is 380 g/mol. The molecular formula is C23H34N4O3. The molecule has 1 saturated carbocycles. The number of hydrazine groups is 1. The third-order valence-electron chi connectivity index (χ3n) is 6.87. The first-order valence-corrected chi connectivity index (χ1v) is 11.1. The van der Waals surface area contributed by atoms with Crippen molar-refractivity contribution in [1.82, 2.24) is 14.9 Å². The van der Waals surface area contributed by atoms with Crippen molar-refractivity contribution in [3.05, 3.63) is 22.9 Å². The number of amides is 1. The number of ether oxygens (including phenoxy) is 2. The third kappa shape index (κ3) is 3.83. The van der Waals surface area contributed by atoms with Crippen LogP contribution in [0, 0.1) is 23.2 Å². The highest BCUT2D eigenvalue weighted by Crippen LogP contribution is 2.47. The van der Waals surface area contributed by atoms with Gasteiger partial charge in [-0.1, -0.05) is 13.8 Å². The van der Waals surface area contributed by atoms with Gasteiger partial charge in [0.05, 0.1) is 31.4 Å². The number of hydrogen-bond donors (Lipinski definition) is 0. The van der Waals surface area contributed by atoms with Crippen molar-refractivity contribution >= 4 is 6.09 Å². The van der Waals surface area contributed by atoms with Gasteiger partial charge >= 0.3 is 6.09 Å². The predicted molar refractivity (Wildman–Crippen MR) is 113 cm³/mol. The quantitative estimate of drug-likeness (QED) is 0.706. The smallest absolute Gasteiger partial charge is 0.409 e. The van der Waals surface area contributed by atoms with Gasteiger partial charge < -0.3 is 14.4 Å². The van der Waals surface area contributed by atoms with E-state index in [1.54, 1.807) is 0 Å². The molecule has 1 aliphatic carbocycles. The van der Waals surface area contributed by atoms with Crippen LogP contribution in [0.5, 0.6) is 0 Å². The molecule has 7 nitrogen and oxygen atoms in total. The monoisotopic (exact) mass is 414 g/mol. The van der Waals surface area contributed by atoms with Crippen LogP contribution in [0.15, 0.2) is 22.9 Å². The maximum absolute atomic E-state index is 12.3. The van der Waals surface area contributed by atoms with Gasteiger partial charge in [0.25, 0.3) is 0 Å². The molecule has 4 aliphatic rings. The number of rotatable bonds is 3. The first kappa shape index (κ1) is 21.2. The first-order chi connectivity index (χ1) is 14.3. The number of methoxy groups -OCH3 is 1. The maximum atomic E-state index is 12.3. The lowest BCUT2D eigenvalue weighted by Crippen LogP contribution is -2.62. The number of hydrogen-bond acceptors (Lipinski definition) is 6. The van der Waals surface area contributed by atoms with E-state index in [0.717, 1.165) is 6.42 Å². The number of nitrogens with zero attached hydrogens (tertiary/aromatic N) is 4. The van der Waals surface area contributed by atoms with Crippen LogP contribution in [-0.2, 0) is 9.47 Å². The minimum absolute atomic E-state index is 0.0461. The lowest BCUT2D eigenvalue weighted by atomic mass is 9.82. The zero-order valence-corrected chi connectivity index (χ0v) is 18.9. The Hall–Kier alpha value is -2.04. The van der Waals surface area contributed by atoms with E-state index in [9.17, 15) is 10.1 Å². The molecule has 164 valence electrons. The Bertz CT molecular complexity index is 806. The van der Waals surface area contributed by atoms with Crippen LogP contribution in [0.1, 0.15) is 47.0 Å². The summed E-state index contributed by atoms with van der Waals surface area (Å²) >= 11 is 0. The Morgan fingerprint density at radius 2 is 2.07 bits per heavy atom. The largest absolute Gasteiger partial charge is 0.453 e. The molecule has 1 unspecified atom stereocenters. The first-order valence-electron chi connectivity index (χ1n) is 11.1. The Balaban J connectivity index is 1.64. The highest BCUT2D eigenvalue weighted by Gasteiger charge is 2.44. The summed E-state index contributed by atoms with van der Waals surface area (Å²) in [6, 6.07) is 2.31. The number of nitriles is 1. The minimum Gasteiger partial charge on any atom is -0.453 e. The van der Waals surface area contributed by atoms with Crippen molar-refractivity contribution in [2.45, 2.75) is 64.6 Å². The Morgan fingerprint density at radius 3 is 2.67 bits per heavy atom. The molecule has 30 heavy (non-hydrogen) atoms. The van der Waals surface area contributed by atoms with E-state index in [4.69, 9.17) is 9.47 Å². The standard InChI is InChI=1S/C23H34N4O3/c1-15(2)21-13-25(8-9-26(21)22(28)29-5)27-12-18(16-6-7-16)19-14-30-23(3,4)10-17(19)20(27)11-24/h12,15-16,20-21H,6-10,13-14H2,1-5H3/t20?,21-/m0/s1. The molecule has 0 aromatic carbocycles. The summed E-state index contributed by atoms with van der Waals surface area (Å²) in [7, 11) is 1.44. The van der Waals surface area contributed by atoms with Gasteiger partial charge in [0, 0.05) is 32.3 Å². The van der Waals surface area contributed by atoms with Crippen LogP contribution in [0.3, 0.4) is 0 Å². The number of carbonyl (C=O) groups is 1. The molecule has 0 aromatic heterocycles. The molecule has 0 bridgehead atoms. The summed E-state index contributed by atoms with van der Waals surface area (Å²) in [4.78, 5) is 14.1. The maximum Gasteiger partial charge on any atom is 0.409 e. The lowest BCUT2D eigenvalue weighted by molar-refractivity contribution is -0.0677. The molecule has 0 spiro atoms. The van der Waals surface area contributed by atoms with E-state index in [1.165, 1.54) is 36.7 Å². The second kappa shape index (κ2) is 7.90. The van der Waals surface area contributed by atoms with Gasteiger partial charge in [-0.15, -0.1) is 0 Å². The van der Waals surface area contributed by atoms with E-state index in [-0.39, 0.29) is 23.8 Å². The second-order valence-corrected chi connectivity index (χ2v) is 9.89. The summed E-state index contributed by atoms with van der Waals surface area (Å²) in [5, 5.41) is 14.6. The van der Waals surface area contributed by atoms with Crippen LogP contribution in [0.2, 0.25) is 0 Å². The van der Waals surface area contributed by atoms with Crippen LogP contribution < -0.4 is 0 Å². The molecule has 4 rings (SSSR count). The van der Waals surface area contributed by atoms with Gasteiger partial charge in [0.15, 0.2) is 6.04 Å². The van der Waals surface area contributed by atoms with Gasteiger partial charge in [0.2, 0.25) is 0 Å². The highest BCUT2D eigenvalue weighted by atomic mass is 16.5. The van der Waals surface area contributed by atoms with E-state index in [0.29, 0.717) is 38.1 Å². The van der Waals surface area contributed by atoms with Gasteiger partial charge in [-0.05, 0) is 55.2 Å². The molecule has 0 N–H and O–H groups in total. The SMILES string of the molecule is COC(=O)N1CCN(N2C=C(C3CC3)C3=C(CC(C)(C)OC3)C2C#N)C[C@H]1C(C)C. The average Bonchev–Trinajstić information content (AvgIpc) is 3.56. The fourth-order valence-corrected chi connectivity index (χ4v) is 5.01. The minimum atomic E-state index is -0.317. The van der Waals surface area contributed by atoms with E-state index in [2.05, 4.69) is 50.0 Å². The summed E-state index contributed by atoms with van der Waals surface area (Å²) in [5.74, 6) is 0.875. The third-order valence-corrected chi connectivity index (χ3v) is 6.87. The zero-order valence-electron chi connectivity index (χ0n) is 18.9. The topological polar surface area (TPSA) is 69.0 Å². The molecule has 0 radical (unpaired) electrons. The molecule has 1 saturated heterocycles. The Kier molecular flexibility index (Phi) is 5.58. The van der Waals surface area contributed by atoms with Gasteiger partial charge in [-0.3, -0.25) is 5.01 Å². The molecule has 7 heteroatoms. The van der Waals surface area contributed by atoms with Crippen molar-refractivity contribution in [3.8, 4) is 6.07 Å². The van der Waals surface area contributed by atoms with Gasteiger partial charge in [0.1, 0.15) is 0 Å². The number of carbonyl (C=O) groups excluding carboxylic acids is 1. The zero-order chi connectivity index (χ0) is 21.6. The summed E-state index contributed by atoms with van der Waals surface area (Å²) in [5.41, 5.74) is 3.57.